The summed E-state index contributed by atoms with van der Waals surface area (Å²) in [5.74, 6) is 0.691. The van der Waals surface area contributed by atoms with Crippen LogP contribution in [0.3, 0.4) is 0 Å². The summed E-state index contributed by atoms with van der Waals surface area (Å²) in [5.41, 5.74) is 4.80. The molecule has 0 aliphatic heterocycles. The number of H-pyrrole nitrogens is 1. The summed E-state index contributed by atoms with van der Waals surface area (Å²) in [6, 6.07) is 0. The highest BCUT2D eigenvalue weighted by Crippen LogP contribution is 1.96. The Morgan fingerprint density at radius 2 is 2.40 bits per heavy atom. The van der Waals surface area contributed by atoms with Gasteiger partial charge in [0.15, 0.2) is 0 Å². The Balaban J connectivity index is 2.15. The fourth-order valence-electron chi connectivity index (χ4n) is 1.04. The number of aromatic nitrogens is 3. The van der Waals surface area contributed by atoms with E-state index in [1.54, 1.807) is 13.8 Å². The Labute approximate surface area is 88.7 Å². The van der Waals surface area contributed by atoms with Crippen molar-refractivity contribution in [3.05, 3.63) is 12.2 Å². The fourth-order valence-corrected chi connectivity index (χ4v) is 1.04. The molecule has 0 aliphatic carbocycles. The molecule has 0 unspecified atom stereocenters. The number of carbonyl (C=O) groups is 1. The molecule has 0 aromatic carbocycles. The topological polar surface area (TPSA) is 96.7 Å². The molecule has 15 heavy (non-hydrogen) atoms. The van der Waals surface area contributed by atoms with Gasteiger partial charge in [0, 0.05) is 13.0 Å². The van der Waals surface area contributed by atoms with Crippen molar-refractivity contribution in [3.63, 3.8) is 0 Å². The molecule has 0 fully saturated rings. The molecule has 0 spiro atoms. The van der Waals surface area contributed by atoms with Gasteiger partial charge in [0.1, 0.15) is 12.2 Å². The number of aromatic amines is 1. The number of hydrogen-bond donors (Lipinski definition) is 3. The summed E-state index contributed by atoms with van der Waals surface area (Å²) in [4.78, 5) is 15.3. The first-order valence-electron chi connectivity index (χ1n) is 4.91. The number of nitrogens with two attached hydrogens (primary N) is 1. The quantitative estimate of drug-likeness (QED) is 0.577. The molecule has 0 aliphatic rings. The molecule has 1 heterocycles. The summed E-state index contributed by atoms with van der Waals surface area (Å²) in [5, 5.41) is 9.25. The molecule has 0 radical (unpaired) electrons. The van der Waals surface area contributed by atoms with E-state index in [2.05, 4.69) is 20.5 Å². The van der Waals surface area contributed by atoms with Gasteiger partial charge in [-0.1, -0.05) is 0 Å². The molecule has 0 saturated heterocycles. The molecule has 4 N–H and O–H groups in total. The summed E-state index contributed by atoms with van der Waals surface area (Å²) >= 11 is 0. The third kappa shape index (κ3) is 4.07. The molecule has 6 heteroatoms. The molecule has 1 aromatic rings. The van der Waals surface area contributed by atoms with Gasteiger partial charge in [0.25, 0.3) is 0 Å². The number of nitrogens with zero attached hydrogens (tertiary/aromatic N) is 2. The van der Waals surface area contributed by atoms with Crippen LogP contribution in [-0.2, 0) is 11.2 Å². The van der Waals surface area contributed by atoms with Crippen molar-refractivity contribution in [1.29, 1.82) is 0 Å². The van der Waals surface area contributed by atoms with Gasteiger partial charge < -0.3 is 11.1 Å². The van der Waals surface area contributed by atoms with Crippen LogP contribution in [0.2, 0.25) is 0 Å². The second kappa shape index (κ2) is 4.88. The number of aryl methyl sites for hydroxylation is 1. The average Bonchev–Trinajstić information content (AvgIpc) is 2.63. The first-order chi connectivity index (χ1) is 7.00. The summed E-state index contributed by atoms with van der Waals surface area (Å²) in [7, 11) is 0. The van der Waals surface area contributed by atoms with Gasteiger partial charge in [-0.05, 0) is 20.3 Å². The van der Waals surface area contributed by atoms with Crippen molar-refractivity contribution >= 4 is 5.91 Å². The molecule has 0 bridgehead atoms. The lowest BCUT2D eigenvalue weighted by Gasteiger charge is -2.17. The first-order valence-corrected chi connectivity index (χ1v) is 4.91. The number of nitrogens with one attached hydrogen (secondary N) is 2. The maximum Gasteiger partial charge on any atom is 0.239 e. The van der Waals surface area contributed by atoms with Crippen molar-refractivity contribution in [1.82, 2.24) is 20.5 Å². The van der Waals surface area contributed by atoms with Crippen LogP contribution in [-0.4, -0.2) is 33.2 Å². The highest BCUT2D eigenvalue weighted by atomic mass is 16.2. The molecule has 1 rings (SSSR count). The summed E-state index contributed by atoms with van der Waals surface area (Å²) in [6.45, 7) is 3.96. The van der Waals surface area contributed by atoms with Crippen molar-refractivity contribution in [3.8, 4) is 0 Å². The van der Waals surface area contributed by atoms with E-state index >= 15 is 0 Å². The average molecular weight is 211 g/mol. The smallest absolute Gasteiger partial charge is 0.239 e. The normalized spacial score (nSPS) is 11.4. The van der Waals surface area contributed by atoms with E-state index in [4.69, 9.17) is 5.73 Å². The molecule has 0 atom stereocenters. The minimum absolute atomic E-state index is 0.139. The van der Waals surface area contributed by atoms with Gasteiger partial charge >= 0.3 is 0 Å². The number of hydrogen-bond acceptors (Lipinski definition) is 4. The third-order valence-corrected chi connectivity index (χ3v) is 1.93. The standard InChI is InChI=1S/C9H17N5O/c1-9(2,10)8(15)11-5-3-4-7-12-6-13-14-7/h6H,3-5,10H2,1-2H3,(H,11,15)(H,12,13,14). The predicted octanol–water partition coefficient (Wildman–Crippen LogP) is -0.409. The highest BCUT2D eigenvalue weighted by molar-refractivity contribution is 5.84. The Morgan fingerprint density at radius 1 is 1.67 bits per heavy atom. The van der Waals surface area contributed by atoms with Gasteiger partial charge in [-0.25, -0.2) is 4.98 Å². The van der Waals surface area contributed by atoms with E-state index in [-0.39, 0.29) is 5.91 Å². The lowest BCUT2D eigenvalue weighted by atomic mass is 10.1. The van der Waals surface area contributed by atoms with Crippen LogP contribution in [0.15, 0.2) is 6.33 Å². The van der Waals surface area contributed by atoms with Crippen molar-refractivity contribution in [2.24, 2.45) is 5.73 Å². The molecular formula is C9H17N5O. The van der Waals surface area contributed by atoms with Crippen molar-refractivity contribution in [2.75, 3.05) is 6.54 Å². The Hall–Kier alpha value is -1.43. The van der Waals surface area contributed by atoms with Crippen molar-refractivity contribution in [2.45, 2.75) is 32.2 Å². The van der Waals surface area contributed by atoms with Gasteiger partial charge in [0.2, 0.25) is 5.91 Å². The largest absolute Gasteiger partial charge is 0.355 e. The molecule has 1 amide bonds. The second-order valence-electron chi connectivity index (χ2n) is 4.01. The zero-order valence-corrected chi connectivity index (χ0v) is 9.08. The molecule has 1 aromatic heterocycles. The highest BCUT2D eigenvalue weighted by Gasteiger charge is 2.20. The Kier molecular flexibility index (Phi) is 3.79. The van der Waals surface area contributed by atoms with E-state index in [1.807, 2.05) is 0 Å². The number of rotatable bonds is 5. The predicted molar refractivity (Wildman–Crippen MR) is 56.0 cm³/mol. The van der Waals surface area contributed by atoms with Crippen LogP contribution in [0.4, 0.5) is 0 Å². The van der Waals surface area contributed by atoms with Crippen LogP contribution in [0.5, 0.6) is 0 Å². The fraction of sp³-hybridized carbons (Fsp3) is 0.667. The first kappa shape index (κ1) is 11.6. The minimum atomic E-state index is -0.813. The Morgan fingerprint density at radius 3 is 2.93 bits per heavy atom. The summed E-state index contributed by atoms with van der Waals surface area (Å²) < 4.78 is 0. The van der Waals surface area contributed by atoms with Crippen LogP contribution < -0.4 is 11.1 Å². The zero-order valence-electron chi connectivity index (χ0n) is 9.08. The molecule has 0 saturated carbocycles. The third-order valence-electron chi connectivity index (χ3n) is 1.93. The van der Waals surface area contributed by atoms with Crippen LogP contribution in [0.25, 0.3) is 0 Å². The minimum Gasteiger partial charge on any atom is -0.355 e. The van der Waals surface area contributed by atoms with E-state index in [1.165, 1.54) is 6.33 Å². The maximum atomic E-state index is 11.4. The van der Waals surface area contributed by atoms with Crippen molar-refractivity contribution < 1.29 is 4.79 Å². The summed E-state index contributed by atoms with van der Waals surface area (Å²) in [6.07, 6.45) is 3.05. The molecule has 6 nitrogen and oxygen atoms in total. The monoisotopic (exact) mass is 211 g/mol. The number of amides is 1. The maximum absolute atomic E-state index is 11.4. The lowest BCUT2D eigenvalue weighted by Crippen LogP contribution is -2.49. The van der Waals surface area contributed by atoms with Crippen LogP contribution >= 0.6 is 0 Å². The van der Waals surface area contributed by atoms with Gasteiger partial charge in [0.05, 0.1) is 5.54 Å². The zero-order chi connectivity index (χ0) is 11.3. The van der Waals surface area contributed by atoms with E-state index in [0.717, 1.165) is 18.7 Å². The van der Waals surface area contributed by atoms with E-state index < -0.39 is 5.54 Å². The van der Waals surface area contributed by atoms with Crippen LogP contribution in [0, 0.1) is 0 Å². The Bertz CT molecular complexity index is 301. The second-order valence-corrected chi connectivity index (χ2v) is 4.01. The van der Waals surface area contributed by atoms with Gasteiger partial charge in [-0.3, -0.25) is 9.89 Å². The lowest BCUT2D eigenvalue weighted by molar-refractivity contribution is -0.125. The number of carbonyl (C=O) groups excluding carboxylic acids is 1. The van der Waals surface area contributed by atoms with Gasteiger partial charge in [-0.15, -0.1) is 0 Å². The van der Waals surface area contributed by atoms with Gasteiger partial charge in [-0.2, -0.15) is 5.10 Å². The SMILES string of the molecule is CC(C)(N)C(=O)NCCCc1ncn[nH]1. The molecular weight excluding hydrogens is 194 g/mol. The van der Waals surface area contributed by atoms with Crippen LogP contribution in [0.1, 0.15) is 26.1 Å². The van der Waals surface area contributed by atoms with E-state index in [0.29, 0.717) is 6.54 Å². The van der Waals surface area contributed by atoms with E-state index in [9.17, 15) is 4.79 Å². The molecule has 84 valence electrons.